The average Bonchev–Trinajstić information content (AvgIpc) is 2.68. The minimum Gasteiger partial charge on any atom is -0.322 e. The summed E-state index contributed by atoms with van der Waals surface area (Å²) in [6.45, 7) is 0.801. The summed E-state index contributed by atoms with van der Waals surface area (Å²) in [5.74, 6) is 0.600. The number of hydrogen-bond acceptors (Lipinski definition) is 1. The number of amidine groups is 1. The number of nitrogens with zero attached hydrogens (tertiary/aromatic N) is 1. The molecule has 0 bridgehead atoms. The molecule has 0 fully saturated rings. The largest absolute Gasteiger partial charge is 0.322 e. The second kappa shape index (κ2) is 4.14. The Kier molecular flexibility index (Phi) is 2.63. The van der Waals surface area contributed by atoms with Gasteiger partial charge in [-0.2, -0.15) is 0 Å². The first kappa shape index (κ1) is 10.8. The molecule has 0 radical (unpaired) electrons. The van der Waals surface area contributed by atoms with E-state index in [0.717, 1.165) is 17.8 Å². The van der Waals surface area contributed by atoms with E-state index < -0.39 is 0 Å². The Bertz CT molecular complexity index is 592. The van der Waals surface area contributed by atoms with Crippen molar-refractivity contribution >= 4 is 34.1 Å². The van der Waals surface area contributed by atoms with Gasteiger partial charge < -0.3 is 4.90 Å². The van der Waals surface area contributed by atoms with Crippen molar-refractivity contribution in [3.63, 3.8) is 0 Å². The van der Waals surface area contributed by atoms with Crippen molar-refractivity contribution in [1.82, 2.24) is 0 Å². The molecule has 1 N–H and O–H groups in total. The van der Waals surface area contributed by atoms with Crippen LogP contribution in [0.25, 0.3) is 0 Å². The van der Waals surface area contributed by atoms with Gasteiger partial charge in [-0.1, -0.05) is 30.3 Å². The second-order valence-corrected chi connectivity index (χ2v) is 5.32. The number of fused-ring (bicyclic) bond motifs is 1. The molecule has 17 heavy (non-hydrogen) atoms. The topological polar surface area (TPSA) is 27.1 Å². The van der Waals surface area contributed by atoms with Gasteiger partial charge in [0.15, 0.2) is 0 Å². The monoisotopic (exact) mass is 334 g/mol. The van der Waals surface area contributed by atoms with Crippen LogP contribution in [0, 0.1) is 8.98 Å². The summed E-state index contributed by atoms with van der Waals surface area (Å²) in [7, 11) is 0. The molecule has 1 aliphatic rings. The highest BCUT2D eigenvalue weighted by Gasteiger charge is 2.24. The lowest BCUT2D eigenvalue weighted by atomic mass is 10.1. The zero-order valence-electron chi connectivity index (χ0n) is 9.15. The van der Waals surface area contributed by atoms with Gasteiger partial charge >= 0.3 is 0 Å². The fraction of sp³-hybridized carbons (Fsp3) is 0.0714. The van der Waals surface area contributed by atoms with Crippen molar-refractivity contribution in [3.8, 4) is 0 Å². The molecule has 0 amide bonds. The predicted octanol–water partition coefficient (Wildman–Crippen LogP) is 3.64. The van der Waals surface area contributed by atoms with Crippen LogP contribution in [0.2, 0.25) is 0 Å². The quantitative estimate of drug-likeness (QED) is 0.792. The molecule has 2 aromatic carbocycles. The summed E-state index contributed by atoms with van der Waals surface area (Å²) in [5, 5.41) is 8.22. The molecule has 84 valence electrons. The van der Waals surface area contributed by atoms with Crippen molar-refractivity contribution in [2.24, 2.45) is 0 Å². The fourth-order valence-electron chi connectivity index (χ4n) is 2.15. The smallest absolute Gasteiger partial charge is 0.133 e. The van der Waals surface area contributed by atoms with Gasteiger partial charge in [-0.05, 0) is 46.4 Å². The highest BCUT2D eigenvalue weighted by molar-refractivity contribution is 14.1. The van der Waals surface area contributed by atoms with E-state index in [1.807, 2.05) is 29.2 Å². The number of anilines is 1. The van der Waals surface area contributed by atoms with Crippen molar-refractivity contribution in [2.45, 2.75) is 6.54 Å². The molecule has 0 spiro atoms. The Morgan fingerprint density at radius 2 is 1.88 bits per heavy atom. The first-order valence-corrected chi connectivity index (χ1v) is 6.53. The minimum absolute atomic E-state index is 0.600. The Balaban J connectivity index is 2.02. The Labute approximate surface area is 114 Å². The van der Waals surface area contributed by atoms with E-state index >= 15 is 0 Å². The number of halogens is 1. The molecular weight excluding hydrogens is 323 g/mol. The van der Waals surface area contributed by atoms with Crippen molar-refractivity contribution < 1.29 is 0 Å². The van der Waals surface area contributed by atoms with Crippen LogP contribution in [0.4, 0.5) is 5.69 Å². The third-order valence-corrected chi connectivity index (χ3v) is 3.66. The summed E-state index contributed by atoms with van der Waals surface area (Å²) >= 11 is 2.30. The van der Waals surface area contributed by atoms with E-state index in [4.69, 9.17) is 5.41 Å². The van der Waals surface area contributed by atoms with Crippen molar-refractivity contribution in [3.05, 3.63) is 63.2 Å². The Morgan fingerprint density at radius 3 is 2.65 bits per heavy atom. The summed E-state index contributed by atoms with van der Waals surface area (Å²) in [6, 6.07) is 16.4. The maximum Gasteiger partial charge on any atom is 0.133 e. The molecule has 0 atom stereocenters. The number of hydrogen-bond donors (Lipinski definition) is 1. The summed E-state index contributed by atoms with van der Waals surface area (Å²) in [6.07, 6.45) is 0. The third-order valence-electron chi connectivity index (χ3n) is 2.99. The molecule has 3 heteroatoms. The fourth-order valence-corrected chi connectivity index (χ4v) is 2.68. The van der Waals surface area contributed by atoms with Crippen LogP contribution < -0.4 is 4.90 Å². The molecule has 0 saturated heterocycles. The molecule has 0 saturated carbocycles. The van der Waals surface area contributed by atoms with Gasteiger partial charge in [0.25, 0.3) is 0 Å². The highest BCUT2D eigenvalue weighted by atomic mass is 127. The SMILES string of the molecule is N=C1c2ccccc2CN1c1cccc(I)c1. The third kappa shape index (κ3) is 1.84. The van der Waals surface area contributed by atoms with Gasteiger partial charge in [-0.25, -0.2) is 0 Å². The average molecular weight is 334 g/mol. The number of nitrogens with one attached hydrogen (secondary N) is 1. The van der Waals surface area contributed by atoms with Gasteiger partial charge in [0.2, 0.25) is 0 Å². The van der Waals surface area contributed by atoms with Crippen LogP contribution in [0.5, 0.6) is 0 Å². The summed E-state index contributed by atoms with van der Waals surface area (Å²) in [5.41, 5.74) is 3.38. The maximum atomic E-state index is 8.22. The van der Waals surface area contributed by atoms with E-state index in [9.17, 15) is 0 Å². The number of benzene rings is 2. The van der Waals surface area contributed by atoms with Crippen LogP contribution in [-0.4, -0.2) is 5.84 Å². The van der Waals surface area contributed by atoms with Crippen LogP contribution in [0.15, 0.2) is 48.5 Å². The lowest BCUT2D eigenvalue weighted by Crippen LogP contribution is -2.22. The van der Waals surface area contributed by atoms with E-state index in [0.29, 0.717) is 5.84 Å². The highest BCUT2D eigenvalue weighted by Crippen LogP contribution is 2.28. The lowest BCUT2D eigenvalue weighted by molar-refractivity contribution is 1.05. The molecule has 2 nitrogen and oxygen atoms in total. The molecule has 3 rings (SSSR count). The normalized spacial score (nSPS) is 13.9. The van der Waals surface area contributed by atoms with Crippen LogP contribution in [-0.2, 0) is 6.54 Å². The first-order chi connectivity index (χ1) is 8.25. The first-order valence-electron chi connectivity index (χ1n) is 5.45. The van der Waals surface area contributed by atoms with E-state index in [1.54, 1.807) is 0 Å². The molecule has 1 heterocycles. The van der Waals surface area contributed by atoms with Gasteiger partial charge in [-0.3, -0.25) is 5.41 Å². The van der Waals surface area contributed by atoms with Gasteiger partial charge in [-0.15, -0.1) is 0 Å². The van der Waals surface area contributed by atoms with E-state index in [-0.39, 0.29) is 0 Å². The summed E-state index contributed by atoms with van der Waals surface area (Å²) < 4.78 is 1.20. The molecular formula is C14H11IN2. The maximum absolute atomic E-state index is 8.22. The molecule has 0 aliphatic carbocycles. The lowest BCUT2D eigenvalue weighted by Gasteiger charge is -2.18. The van der Waals surface area contributed by atoms with Crippen LogP contribution in [0.1, 0.15) is 11.1 Å². The van der Waals surface area contributed by atoms with Crippen LogP contribution in [0.3, 0.4) is 0 Å². The van der Waals surface area contributed by atoms with Gasteiger partial charge in [0.05, 0.1) is 6.54 Å². The molecule has 0 unspecified atom stereocenters. The summed E-state index contributed by atoms with van der Waals surface area (Å²) in [4.78, 5) is 2.05. The zero-order valence-corrected chi connectivity index (χ0v) is 11.3. The Morgan fingerprint density at radius 1 is 1.06 bits per heavy atom. The van der Waals surface area contributed by atoms with Crippen molar-refractivity contribution in [1.29, 1.82) is 5.41 Å². The molecule has 1 aliphatic heterocycles. The molecule has 2 aromatic rings. The van der Waals surface area contributed by atoms with Crippen LogP contribution >= 0.6 is 22.6 Å². The predicted molar refractivity (Wildman–Crippen MR) is 78.6 cm³/mol. The standard InChI is InChI=1S/C14H11IN2/c15-11-5-3-6-12(8-11)17-9-10-4-1-2-7-13(10)14(17)16/h1-8,16H,9H2. The van der Waals surface area contributed by atoms with Gasteiger partial charge in [0, 0.05) is 14.8 Å². The van der Waals surface area contributed by atoms with E-state index in [2.05, 4.69) is 46.9 Å². The second-order valence-electron chi connectivity index (χ2n) is 4.07. The van der Waals surface area contributed by atoms with Crippen molar-refractivity contribution in [2.75, 3.05) is 4.90 Å². The zero-order chi connectivity index (χ0) is 11.8. The van der Waals surface area contributed by atoms with E-state index in [1.165, 1.54) is 9.13 Å². The molecule has 0 aromatic heterocycles. The van der Waals surface area contributed by atoms with Gasteiger partial charge in [0.1, 0.15) is 5.84 Å². The number of rotatable bonds is 1. The Hall–Kier alpha value is -1.36. The minimum atomic E-state index is 0.600.